The second kappa shape index (κ2) is 4.04. The van der Waals surface area contributed by atoms with Crippen molar-refractivity contribution in [3.63, 3.8) is 0 Å². The van der Waals surface area contributed by atoms with E-state index in [1.54, 1.807) is 13.1 Å². The van der Waals surface area contributed by atoms with Gasteiger partial charge in [-0.15, -0.1) is 11.3 Å². The number of nitrogens with one attached hydrogen (secondary N) is 1. The monoisotopic (exact) mass is 241 g/mol. The molecule has 0 saturated heterocycles. The number of aromatic nitrogens is 2. The molecular weight excluding hydrogens is 234 g/mol. The molecule has 6 heteroatoms. The fraction of sp³-hybridized carbons (Fsp3) is 0.111. The molecule has 0 aliphatic rings. The predicted molar refractivity (Wildman–Crippen MR) is 61.2 cm³/mol. The van der Waals surface area contributed by atoms with Gasteiger partial charge in [-0.3, -0.25) is 9.20 Å². The number of carbonyl (C=O) groups excluding carboxylic acids is 1. The van der Waals surface area contributed by atoms with Crippen molar-refractivity contribution in [2.24, 2.45) is 0 Å². The smallest absolute Gasteiger partial charge is 0.243 e. The lowest BCUT2D eigenvalue weighted by Crippen LogP contribution is -2.13. The van der Waals surface area contributed by atoms with E-state index >= 15 is 0 Å². The Balaban J connectivity index is 2.41. The summed E-state index contributed by atoms with van der Waals surface area (Å²) in [5, 5.41) is 4.81. The summed E-state index contributed by atoms with van der Waals surface area (Å²) < 4.78 is 1.84. The van der Waals surface area contributed by atoms with Gasteiger partial charge in [0, 0.05) is 24.7 Å². The Kier molecular flexibility index (Phi) is 2.75. The van der Waals surface area contributed by atoms with Crippen molar-refractivity contribution in [2.75, 3.05) is 7.05 Å². The maximum atomic E-state index is 11.0. The van der Waals surface area contributed by atoms with E-state index in [0.717, 1.165) is 10.7 Å². The Hall–Kier alpha value is -1.33. The fourth-order valence-electron chi connectivity index (χ4n) is 1.16. The fourth-order valence-corrected chi connectivity index (χ4v) is 2.17. The Labute approximate surface area is 95.2 Å². The highest BCUT2D eigenvalue weighted by molar-refractivity contribution is 7.15. The molecule has 2 aromatic rings. The number of nitrogens with zero attached hydrogens (tertiary/aromatic N) is 2. The number of hydrogen-bond donors (Lipinski definition) is 1. The van der Waals surface area contributed by atoms with Crippen molar-refractivity contribution in [3.05, 3.63) is 28.5 Å². The van der Waals surface area contributed by atoms with Crippen molar-refractivity contribution in [3.8, 4) is 0 Å². The van der Waals surface area contributed by atoms with Crippen molar-refractivity contribution in [1.29, 1.82) is 0 Å². The van der Waals surface area contributed by atoms with Crippen LogP contribution in [0.2, 0.25) is 5.15 Å². The van der Waals surface area contributed by atoms with Gasteiger partial charge >= 0.3 is 0 Å². The largest absolute Gasteiger partial charge is 0.356 e. The van der Waals surface area contributed by atoms with Crippen LogP contribution < -0.4 is 5.32 Å². The van der Waals surface area contributed by atoms with Gasteiger partial charge < -0.3 is 5.32 Å². The number of halogens is 1. The molecule has 0 radical (unpaired) electrons. The predicted octanol–water partition coefficient (Wildman–Crippen LogP) is 1.81. The highest BCUT2D eigenvalue weighted by Gasteiger charge is 2.08. The van der Waals surface area contributed by atoms with E-state index in [4.69, 9.17) is 11.6 Å². The van der Waals surface area contributed by atoms with E-state index in [-0.39, 0.29) is 5.91 Å². The third-order valence-electron chi connectivity index (χ3n) is 1.89. The molecule has 2 rings (SSSR count). The van der Waals surface area contributed by atoms with Gasteiger partial charge in [-0.25, -0.2) is 4.98 Å². The standard InChI is InChI=1S/C9H8ClN3OS/c1-11-7(14)3-2-6-8(10)12-9-13(6)4-5-15-9/h2-5H,1H3,(H,11,14)/b3-2+. The minimum Gasteiger partial charge on any atom is -0.356 e. The summed E-state index contributed by atoms with van der Waals surface area (Å²) in [4.78, 5) is 16.0. The number of likely N-dealkylation sites (N-methyl/N-ethyl adjacent to an activating group) is 1. The van der Waals surface area contributed by atoms with Crippen LogP contribution in [-0.2, 0) is 4.79 Å². The summed E-state index contributed by atoms with van der Waals surface area (Å²) >= 11 is 7.42. The van der Waals surface area contributed by atoms with E-state index in [9.17, 15) is 4.79 Å². The van der Waals surface area contributed by atoms with E-state index in [1.807, 2.05) is 16.0 Å². The average Bonchev–Trinajstić information content (AvgIpc) is 2.75. The number of rotatable bonds is 2. The van der Waals surface area contributed by atoms with Crippen molar-refractivity contribution >= 4 is 39.9 Å². The second-order valence-electron chi connectivity index (χ2n) is 2.79. The first-order valence-corrected chi connectivity index (χ1v) is 5.49. The molecule has 1 amide bonds. The zero-order chi connectivity index (χ0) is 10.8. The molecule has 78 valence electrons. The number of fused-ring (bicyclic) bond motifs is 1. The number of amides is 1. The zero-order valence-corrected chi connectivity index (χ0v) is 9.47. The molecule has 0 aromatic carbocycles. The lowest BCUT2D eigenvalue weighted by atomic mass is 10.4. The molecule has 0 spiro atoms. The van der Waals surface area contributed by atoms with Gasteiger partial charge in [0.05, 0.1) is 5.69 Å². The minimum absolute atomic E-state index is 0.170. The highest BCUT2D eigenvalue weighted by atomic mass is 35.5. The van der Waals surface area contributed by atoms with Crippen LogP contribution >= 0.6 is 22.9 Å². The molecule has 0 aliphatic heterocycles. The quantitative estimate of drug-likeness (QED) is 0.816. The van der Waals surface area contributed by atoms with Crippen molar-refractivity contribution in [2.45, 2.75) is 0 Å². The van der Waals surface area contributed by atoms with Crippen LogP contribution in [0.4, 0.5) is 0 Å². The molecule has 4 nitrogen and oxygen atoms in total. The molecule has 0 fully saturated rings. The normalized spacial score (nSPS) is 11.3. The van der Waals surface area contributed by atoms with E-state index in [0.29, 0.717) is 5.15 Å². The van der Waals surface area contributed by atoms with Gasteiger partial charge in [-0.05, 0) is 6.08 Å². The van der Waals surface area contributed by atoms with Gasteiger partial charge in [-0.2, -0.15) is 0 Å². The number of hydrogen-bond acceptors (Lipinski definition) is 3. The van der Waals surface area contributed by atoms with E-state index < -0.39 is 0 Å². The summed E-state index contributed by atoms with van der Waals surface area (Å²) in [5.74, 6) is -0.170. The summed E-state index contributed by atoms with van der Waals surface area (Å²) in [7, 11) is 1.57. The van der Waals surface area contributed by atoms with Crippen LogP contribution in [0.15, 0.2) is 17.7 Å². The molecule has 2 aromatic heterocycles. The number of thiazole rings is 1. The summed E-state index contributed by atoms with van der Waals surface area (Å²) in [6.45, 7) is 0. The van der Waals surface area contributed by atoms with Crippen LogP contribution in [0.1, 0.15) is 5.69 Å². The SMILES string of the molecule is CNC(=O)/C=C/c1c(Cl)nc2sccn12. The maximum absolute atomic E-state index is 11.0. The number of imidazole rings is 1. The van der Waals surface area contributed by atoms with Gasteiger partial charge in [0.25, 0.3) is 0 Å². The first-order valence-electron chi connectivity index (χ1n) is 4.23. The molecule has 0 unspecified atom stereocenters. The molecule has 15 heavy (non-hydrogen) atoms. The molecule has 1 N–H and O–H groups in total. The Morgan fingerprint density at radius 2 is 2.53 bits per heavy atom. The van der Waals surface area contributed by atoms with Gasteiger partial charge in [0.2, 0.25) is 5.91 Å². The molecule has 0 bridgehead atoms. The third kappa shape index (κ3) is 1.88. The lowest BCUT2D eigenvalue weighted by Gasteiger charge is -1.92. The summed E-state index contributed by atoms with van der Waals surface area (Å²) in [5.41, 5.74) is 0.719. The summed E-state index contributed by atoms with van der Waals surface area (Å²) in [6, 6.07) is 0. The minimum atomic E-state index is -0.170. The van der Waals surface area contributed by atoms with Crippen LogP contribution in [0, 0.1) is 0 Å². The Morgan fingerprint density at radius 1 is 1.73 bits per heavy atom. The molecule has 2 heterocycles. The molecule has 0 aliphatic carbocycles. The van der Waals surface area contributed by atoms with Crippen LogP contribution in [-0.4, -0.2) is 22.3 Å². The first kappa shape index (κ1) is 10.2. The maximum Gasteiger partial charge on any atom is 0.243 e. The lowest BCUT2D eigenvalue weighted by molar-refractivity contribution is -0.115. The zero-order valence-electron chi connectivity index (χ0n) is 7.90. The van der Waals surface area contributed by atoms with Crippen LogP contribution in [0.25, 0.3) is 11.0 Å². The highest BCUT2D eigenvalue weighted by Crippen LogP contribution is 2.22. The Morgan fingerprint density at radius 3 is 3.27 bits per heavy atom. The number of carbonyl (C=O) groups is 1. The average molecular weight is 242 g/mol. The first-order chi connectivity index (χ1) is 7.22. The van der Waals surface area contributed by atoms with Crippen LogP contribution in [0.5, 0.6) is 0 Å². The molecular formula is C9H8ClN3OS. The van der Waals surface area contributed by atoms with Gasteiger partial charge in [0.15, 0.2) is 10.1 Å². The van der Waals surface area contributed by atoms with Gasteiger partial charge in [-0.1, -0.05) is 11.6 Å². The molecule has 0 atom stereocenters. The van der Waals surface area contributed by atoms with Crippen molar-refractivity contribution < 1.29 is 4.79 Å². The molecule has 0 saturated carbocycles. The summed E-state index contributed by atoms with van der Waals surface area (Å²) in [6.07, 6.45) is 4.93. The van der Waals surface area contributed by atoms with E-state index in [2.05, 4.69) is 10.3 Å². The van der Waals surface area contributed by atoms with E-state index in [1.165, 1.54) is 17.4 Å². The third-order valence-corrected chi connectivity index (χ3v) is 2.93. The topological polar surface area (TPSA) is 46.4 Å². The van der Waals surface area contributed by atoms with Gasteiger partial charge in [0.1, 0.15) is 0 Å². The Bertz CT molecular complexity index is 528. The van der Waals surface area contributed by atoms with Crippen molar-refractivity contribution in [1.82, 2.24) is 14.7 Å². The second-order valence-corrected chi connectivity index (χ2v) is 4.02. The van der Waals surface area contributed by atoms with Crippen LogP contribution in [0.3, 0.4) is 0 Å².